The van der Waals surface area contributed by atoms with Crippen molar-refractivity contribution < 1.29 is 9.90 Å². The molecule has 0 unspecified atom stereocenters. The first-order chi connectivity index (χ1) is 6.68. The second-order valence-corrected chi connectivity index (χ2v) is 5.14. The number of hydrogen-bond acceptors (Lipinski definition) is 3. The molecule has 0 aliphatic heterocycles. The molecular formula is C9H8N2O2Se. The molecule has 5 heteroatoms. The van der Waals surface area contributed by atoms with Gasteiger partial charge in [-0.05, 0) is 0 Å². The number of nitrogens with zero attached hydrogens (tertiary/aromatic N) is 1. The van der Waals surface area contributed by atoms with Gasteiger partial charge >= 0.3 is 85.7 Å². The van der Waals surface area contributed by atoms with E-state index >= 15 is 0 Å². The summed E-state index contributed by atoms with van der Waals surface area (Å²) < 4.78 is 1.76. The molecule has 2 heterocycles. The predicted octanol–water partition coefficient (Wildman–Crippen LogP) is 0.501. The van der Waals surface area contributed by atoms with Gasteiger partial charge in [-0.2, -0.15) is 0 Å². The second-order valence-electron chi connectivity index (χ2n) is 2.87. The van der Waals surface area contributed by atoms with Gasteiger partial charge in [0.25, 0.3) is 0 Å². The number of nitrogens with two attached hydrogens (primary N) is 1. The molecule has 0 aliphatic carbocycles. The third-order valence-electron chi connectivity index (χ3n) is 1.89. The molecule has 2 aromatic rings. The molecular weight excluding hydrogens is 247 g/mol. The Balaban J connectivity index is 2.57. The second kappa shape index (κ2) is 3.44. The molecule has 2 rings (SSSR count). The van der Waals surface area contributed by atoms with Crippen LogP contribution in [0, 0.1) is 0 Å². The van der Waals surface area contributed by atoms with E-state index in [1.807, 2.05) is 12.1 Å². The van der Waals surface area contributed by atoms with E-state index < -0.39 is 5.97 Å². The zero-order valence-corrected chi connectivity index (χ0v) is 8.94. The van der Waals surface area contributed by atoms with E-state index in [1.165, 1.54) is 0 Å². The summed E-state index contributed by atoms with van der Waals surface area (Å²) in [7, 11) is 0. The predicted molar refractivity (Wildman–Crippen MR) is 54.4 cm³/mol. The van der Waals surface area contributed by atoms with Crippen LogP contribution in [0.3, 0.4) is 0 Å². The van der Waals surface area contributed by atoms with Gasteiger partial charge in [0, 0.05) is 0 Å². The average molecular weight is 255 g/mol. The van der Waals surface area contributed by atoms with Crippen molar-refractivity contribution in [2.45, 2.75) is 6.42 Å². The molecule has 0 aromatic carbocycles. The first-order valence-electron chi connectivity index (χ1n) is 4.02. The van der Waals surface area contributed by atoms with Gasteiger partial charge in [0.15, 0.2) is 0 Å². The van der Waals surface area contributed by atoms with Crippen LogP contribution in [-0.2, 0) is 11.2 Å². The molecule has 72 valence electrons. The summed E-state index contributed by atoms with van der Waals surface area (Å²) in [5, 5.41) is 9.58. The molecule has 0 fully saturated rings. The molecule has 3 N–H and O–H groups in total. The first-order valence-corrected chi connectivity index (χ1v) is 5.73. The van der Waals surface area contributed by atoms with Crippen molar-refractivity contribution in [3.8, 4) is 0 Å². The summed E-state index contributed by atoms with van der Waals surface area (Å²) in [4.78, 5) is 14.7. The number of fused-ring (bicyclic) bond motifs is 1. The number of pyridine rings is 1. The summed E-state index contributed by atoms with van der Waals surface area (Å²) in [6, 6.07) is 3.69. The fraction of sp³-hybridized carbons (Fsp3) is 0.111. The van der Waals surface area contributed by atoms with Crippen LogP contribution in [-0.4, -0.2) is 30.6 Å². The van der Waals surface area contributed by atoms with E-state index in [1.54, 1.807) is 6.20 Å². The molecule has 0 atom stereocenters. The molecule has 0 spiro atoms. The zero-order chi connectivity index (χ0) is 10.1. The molecule has 4 nitrogen and oxygen atoms in total. The van der Waals surface area contributed by atoms with Crippen molar-refractivity contribution in [2.75, 3.05) is 5.73 Å². The molecule has 0 bridgehead atoms. The van der Waals surface area contributed by atoms with Crippen LogP contribution >= 0.6 is 0 Å². The number of aromatic nitrogens is 1. The van der Waals surface area contributed by atoms with Crippen LogP contribution in [0.1, 0.15) is 4.44 Å². The van der Waals surface area contributed by atoms with Gasteiger partial charge in [-0.25, -0.2) is 0 Å². The van der Waals surface area contributed by atoms with Crippen LogP contribution in [0.4, 0.5) is 5.69 Å². The number of carbonyl (C=O) groups is 1. The zero-order valence-electron chi connectivity index (χ0n) is 7.23. The van der Waals surface area contributed by atoms with Crippen LogP contribution in [0.5, 0.6) is 0 Å². The van der Waals surface area contributed by atoms with Crippen LogP contribution in [0.15, 0.2) is 18.3 Å². The van der Waals surface area contributed by atoms with Gasteiger partial charge in [-0.15, -0.1) is 0 Å². The number of hydrogen-bond donors (Lipinski definition) is 2. The van der Waals surface area contributed by atoms with E-state index in [2.05, 4.69) is 4.98 Å². The third-order valence-corrected chi connectivity index (χ3v) is 4.26. The molecule has 0 saturated heterocycles. The standard InChI is InChI=1S/C9H8N2O2Se/c10-8-5-2-1-3-11-9(5)14-6(8)4-7(12)13/h1-3H,4,10H2,(H,12,13). The summed E-state index contributed by atoms with van der Waals surface area (Å²) in [6.45, 7) is 0. The van der Waals surface area contributed by atoms with E-state index in [4.69, 9.17) is 10.8 Å². The minimum absolute atomic E-state index is 0.0148. The van der Waals surface area contributed by atoms with E-state index in [0.717, 1.165) is 14.2 Å². The summed E-state index contributed by atoms with van der Waals surface area (Å²) in [5.41, 5.74) is 6.44. The quantitative estimate of drug-likeness (QED) is 0.766. The number of rotatable bonds is 2. The average Bonchev–Trinajstić information content (AvgIpc) is 2.44. The van der Waals surface area contributed by atoms with Gasteiger partial charge in [0.05, 0.1) is 0 Å². The fourth-order valence-electron chi connectivity index (χ4n) is 1.27. The summed E-state index contributed by atoms with van der Waals surface area (Å²) in [6.07, 6.45) is 1.74. The minimum atomic E-state index is -0.836. The normalized spacial score (nSPS) is 10.6. The molecule has 0 amide bonds. The van der Waals surface area contributed by atoms with Gasteiger partial charge in [0.1, 0.15) is 0 Å². The van der Waals surface area contributed by atoms with Crippen LogP contribution in [0.25, 0.3) is 9.78 Å². The van der Waals surface area contributed by atoms with Crippen molar-refractivity contribution >= 4 is 35.9 Å². The van der Waals surface area contributed by atoms with Gasteiger partial charge in [0.2, 0.25) is 0 Å². The Bertz CT molecular complexity index is 493. The Hall–Kier alpha value is -1.32. The molecule has 0 radical (unpaired) electrons. The Morgan fingerprint density at radius 3 is 3.07 bits per heavy atom. The van der Waals surface area contributed by atoms with Crippen molar-refractivity contribution in [1.82, 2.24) is 4.98 Å². The van der Waals surface area contributed by atoms with E-state index in [-0.39, 0.29) is 20.9 Å². The Morgan fingerprint density at radius 2 is 2.43 bits per heavy atom. The maximum atomic E-state index is 10.6. The summed E-state index contributed by atoms with van der Waals surface area (Å²) >= 11 is -0.0148. The number of aliphatic carboxylic acids is 1. The Labute approximate surface area is 86.1 Å². The van der Waals surface area contributed by atoms with Gasteiger partial charge in [-0.3, -0.25) is 0 Å². The van der Waals surface area contributed by atoms with Crippen molar-refractivity contribution in [3.05, 3.63) is 22.8 Å². The number of nitrogen functional groups attached to an aromatic ring is 1. The molecule has 14 heavy (non-hydrogen) atoms. The van der Waals surface area contributed by atoms with Crippen molar-refractivity contribution in [2.24, 2.45) is 0 Å². The number of carboxylic acids is 1. The number of anilines is 1. The van der Waals surface area contributed by atoms with E-state index in [0.29, 0.717) is 5.69 Å². The fourth-order valence-corrected chi connectivity index (χ4v) is 3.47. The first kappa shape index (κ1) is 9.24. The van der Waals surface area contributed by atoms with E-state index in [9.17, 15) is 4.79 Å². The van der Waals surface area contributed by atoms with Gasteiger partial charge in [-0.1, -0.05) is 0 Å². The van der Waals surface area contributed by atoms with Crippen LogP contribution in [0.2, 0.25) is 0 Å². The Kier molecular flexibility index (Phi) is 2.27. The van der Waals surface area contributed by atoms with Gasteiger partial charge < -0.3 is 0 Å². The Morgan fingerprint density at radius 1 is 1.64 bits per heavy atom. The van der Waals surface area contributed by atoms with Crippen molar-refractivity contribution in [3.63, 3.8) is 0 Å². The van der Waals surface area contributed by atoms with Crippen LogP contribution < -0.4 is 5.73 Å². The molecule has 2 aromatic heterocycles. The summed E-state index contributed by atoms with van der Waals surface area (Å²) in [5.74, 6) is -0.836. The SMILES string of the molecule is Nc1c(CC(=O)O)[se]c2ncccc12. The van der Waals surface area contributed by atoms with Crippen molar-refractivity contribution in [1.29, 1.82) is 0 Å². The molecule has 0 saturated carbocycles. The molecule has 0 aliphatic rings. The number of carboxylic acid groups (broad SMARTS) is 1. The maximum absolute atomic E-state index is 10.6. The monoisotopic (exact) mass is 256 g/mol. The topological polar surface area (TPSA) is 76.2 Å². The third kappa shape index (κ3) is 1.52.